The Labute approximate surface area is 264 Å². The molecule has 12 nitrogen and oxygen atoms in total. The van der Waals surface area contributed by atoms with Gasteiger partial charge in [-0.1, -0.05) is 5.92 Å². The van der Waals surface area contributed by atoms with Crippen LogP contribution in [0.5, 0.6) is 0 Å². The molecular weight excluding hydrogens is 594 g/mol. The molecule has 3 aromatic rings. The predicted octanol–water partition coefficient (Wildman–Crippen LogP) is 3.94. The number of aromatic amines is 1. The van der Waals surface area contributed by atoms with E-state index in [1.807, 2.05) is 17.0 Å². The van der Waals surface area contributed by atoms with Gasteiger partial charge in [0.25, 0.3) is 5.56 Å². The second-order valence-corrected chi connectivity index (χ2v) is 11.6. The van der Waals surface area contributed by atoms with E-state index in [0.29, 0.717) is 16.7 Å². The van der Waals surface area contributed by atoms with Crippen molar-refractivity contribution in [1.29, 1.82) is 0 Å². The summed E-state index contributed by atoms with van der Waals surface area (Å²) in [5.41, 5.74) is 3.52. The maximum Gasteiger partial charge on any atom is 0.306 e. The molecule has 0 saturated heterocycles. The monoisotopic (exact) mass is 629 g/mol. The summed E-state index contributed by atoms with van der Waals surface area (Å²) < 4.78 is 0. The number of carbonyl (C=O) groups is 5. The normalized spacial score (nSPS) is 15.0. The summed E-state index contributed by atoms with van der Waals surface area (Å²) in [6.07, 6.45) is 5.46. The molecule has 0 bridgehead atoms. The zero-order valence-electron chi connectivity index (χ0n) is 25.3. The third-order valence-electron chi connectivity index (χ3n) is 8.37. The molecule has 1 aliphatic carbocycles. The lowest BCUT2D eigenvalue weighted by molar-refractivity contribution is -0.146. The molecule has 1 heterocycles. The van der Waals surface area contributed by atoms with Crippen LogP contribution in [-0.2, 0) is 25.6 Å². The fraction of sp³-hybridized carbons (Fsp3) is 0.382. The van der Waals surface area contributed by atoms with Crippen LogP contribution in [-0.4, -0.2) is 61.3 Å². The molecular formula is C34H35N3O9. The summed E-state index contributed by atoms with van der Waals surface area (Å²) in [4.78, 5) is 81.3. The molecule has 12 heteroatoms. The number of aryl methyl sites for hydroxylation is 2. The van der Waals surface area contributed by atoms with Crippen molar-refractivity contribution in [2.75, 3.05) is 11.4 Å². The van der Waals surface area contributed by atoms with Gasteiger partial charge in [-0.25, -0.2) is 4.98 Å². The van der Waals surface area contributed by atoms with Crippen molar-refractivity contribution >= 4 is 46.1 Å². The first-order chi connectivity index (χ1) is 21.9. The van der Waals surface area contributed by atoms with Crippen molar-refractivity contribution in [3.05, 3.63) is 69.3 Å². The third kappa shape index (κ3) is 8.04. The molecule has 46 heavy (non-hydrogen) atoms. The molecule has 0 aliphatic heterocycles. The van der Waals surface area contributed by atoms with E-state index >= 15 is 0 Å². The highest BCUT2D eigenvalue weighted by molar-refractivity contribution is 5.98. The maximum absolute atomic E-state index is 13.1. The number of H-pyrrole nitrogens is 1. The number of aliphatic carboxylic acids is 3. The van der Waals surface area contributed by atoms with Gasteiger partial charge in [0.05, 0.1) is 35.3 Å². The van der Waals surface area contributed by atoms with Gasteiger partial charge in [0, 0.05) is 36.9 Å². The Hall–Kier alpha value is -5.31. The summed E-state index contributed by atoms with van der Waals surface area (Å²) in [6.45, 7) is 2.00. The number of anilines is 1. The first-order valence-electron chi connectivity index (χ1n) is 14.9. The Morgan fingerprint density at radius 2 is 1.65 bits per heavy atom. The van der Waals surface area contributed by atoms with Crippen molar-refractivity contribution in [2.45, 2.75) is 64.3 Å². The van der Waals surface area contributed by atoms with Gasteiger partial charge in [0.15, 0.2) is 5.78 Å². The molecule has 0 unspecified atom stereocenters. The summed E-state index contributed by atoms with van der Waals surface area (Å²) in [5, 5.41) is 28.3. The number of hydrogen-bond acceptors (Lipinski definition) is 8. The predicted molar refractivity (Wildman–Crippen MR) is 168 cm³/mol. The molecule has 1 aromatic heterocycles. The summed E-state index contributed by atoms with van der Waals surface area (Å²) in [5.74, 6) is -3.78. The molecule has 0 saturated carbocycles. The van der Waals surface area contributed by atoms with Crippen LogP contribution in [0.1, 0.15) is 78.3 Å². The Bertz CT molecular complexity index is 1770. The van der Waals surface area contributed by atoms with E-state index < -0.39 is 54.2 Å². The fourth-order valence-electron chi connectivity index (χ4n) is 5.96. The number of carbonyl (C=O) groups excluding carboxylic acids is 2. The van der Waals surface area contributed by atoms with Crippen LogP contribution in [0.3, 0.4) is 0 Å². The Balaban J connectivity index is 1.43. The molecule has 0 amide bonds. The number of Topliss-reactive ketones (excluding diaryl/α,β-unsaturated/α-hetero) is 2. The minimum absolute atomic E-state index is 0.114. The summed E-state index contributed by atoms with van der Waals surface area (Å²) in [6, 6.07) is 10.4. The molecule has 0 fully saturated rings. The van der Waals surface area contributed by atoms with Crippen molar-refractivity contribution in [3.63, 3.8) is 0 Å². The second kappa shape index (κ2) is 14.6. The van der Waals surface area contributed by atoms with E-state index in [1.165, 1.54) is 0 Å². The number of terminal acetylenes is 1. The first-order valence-corrected chi connectivity index (χ1v) is 14.9. The van der Waals surface area contributed by atoms with E-state index in [1.54, 1.807) is 31.2 Å². The van der Waals surface area contributed by atoms with Crippen LogP contribution in [0.2, 0.25) is 0 Å². The van der Waals surface area contributed by atoms with Gasteiger partial charge in [-0.15, -0.1) is 6.42 Å². The zero-order chi connectivity index (χ0) is 33.5. The number of aromatic nitrogens is 2. The lowest BCUT2D eigenvalue weighted by atomic mass is 9.90. The Morgan fingerprint density at radius 1 is 1.00 bits per heavy atom. The maximum atomic E-state index is 13.1. The van der Waals surface area contributed by atoms with Crippen LogP contribution in [0.15, 0.2) is 41.2 Å². The highest BCUT2D eigenvalue weighted by atomic mass is 16.4. The molecule has 4 N–H and O–H groups in total. The van der Waals surface area contributed by atoms with Gasteiger partial charge in [0.2, 0.25) is 0 Å². The van der Waals surface area contributed by atoms with Crippen LogP contribution >= 0.6 is 0 Å². The number of ketones is 2. The lowest BCUT2D eigenvalue weighted by Gasteiger charge is -2.30. The quantitative estimate of drug-likeness (QED) is 0.132. The van der Waals surface area contributed by atoms with Gasteiger partial charge < -0.3 is 25.2 Å². The molecule has 240 valence electrons. The number of carboxylic acid groups (broad SMARTS) is 3. The van der Waals surface area contributed by atoms with Gasteiger partial charge in [-0.2, -0.15) is 0 Å². The van der Waals surface area contributed by atoms with Gasteiger partial charge in [-0.3, -0.25) is 28.8 Å². The highest BCUT2D eigenvalue weighted by Gasteiger charge is 2.30. The zero-order valence-corrected chi connectivity index (χ0v) is 25.3. The van der Waals surface area contributed by atoms with Gasteiger partial charge >= 0.3 is 17.9 Å². The van der Waals surface area contributed by atoms with E-state index in [-0.39, 0.29) is 49.4 Å². The van der Waals surface area contributed by atoms with E-state index in [9.17, 15) is 39.0 Å². The average Bonchev–Trinajstić information content (AvgIpc) is 3.41. The third-order valence-corrected chi connectivity index (χ3v) is 8.37. The van der Waals surface area contributed by atoms with Crippen molar-refractivity contribution in [1.82, 2.24) is 9.97 Å². The van der Waals surface area contributed by atoms with E-state index in [4.69, 9.17) is 11.5 Å². The number of hydrogen-bond donors (Lipinski definition) is 4. The van der Waals surface area contributed by atoms with Crippen LogP contribution < -0.4 is 10.5 Å². The van der Waals surface area contributed by atoms with Crippen molar-refractivity contribution in [2.24, 2.45) is 11.8 Å². The number of rotatable bonds is 16. The van der Waals surface area contributed by atoms with E-state index in [0.717, 1.165) is 29.7 Å². The van der Waals surface area contributed by atoms with Crippen LogP contribution in [0, 0.1) is 31.1 Å². The average molecular weight is 630 g/mol. The van der Waals surface area contributed by atoms with Gasteiger partial charge in [0.1, 0.15) is 11.6 Å². The minimum atomic E-state index is -1.29. The number of nitrogens with one attached hydrogen (secondary N) is 1. The van der Waals surface area contributed by atoms with Gasteiger partial charge in [-0.05, 0) is 80.1 Å². The topological polar surface area (TPSA) is 195 Å². The van der Waals surface area contributed by atoms with E-state index in [2.05, 4.69) is 15.9 Å². The number of benzene rings is 2. The number of nitrogens with zero attached hydrogens (tertiary/aromatic N) is 2. The van der Waals surface area contributed by atoms with Crippen molar-refractivity contribution < 1.29 is 39.3 Å². The Morgan fingerprint density at radius 3 is 2.28 bits per heavy atom. The molecule has 3 atom stereocenters. The molecule has 0 radical (unpaired) electrons. The minimum Gasteiger partial charge on any atom is -0.481 e. The summed E-state index contributed by atoms with van der Waals surface area (Å²) >= 11 is 0. The fourth-order valence-corrected chi connectivity index (χ4v) is 5.96. The second-order valence-electron chi connectivity index (χ2n) is 11.6. The highest BCUT2D eigenvalue weighted by Crippen LogP contribution is 2.39. The first kappa shape index (κ1) is 33.6. The number of fused-ring (bicyclic) bond motifs is 2. The Kier molecular flexibility index (Phi) is 10.7. The van der Waals surface area contributed by atoms with Crippen molar-refractivity contribution in [3.8, 4) is 12.3 Å². The molecule has 2 aromatic carbocycles. The van der Waals surface area contributed by atoms with Crippen LogP contribution in [0.4, 0.5) is 5.69 Å². The smallest absolute Gasteiger partial charge is 0.306 e. The molecule has 0 spiro atoms. The molecule has 4 rings (SSSR count). The molecule has 1 aliphatic rings. The number of carboxylic acids is 3. The van der Waals surface area contributed by atoms with Crippen LogP contribution in [0.25, 0.3) is 10.9 Å². The lowest BCUT2D eigenvalue weighted by Crippen LogP contribution is -2.28. The SMILES string of the molecule is C#CCN(c1ccc(C(=O)C[C@@H](CCC(=O)C[C@H](CCC(=O)O)C(=O)O)C(=O)O)cc1)[C@H]1CCc2cc3nc(C)[nH]c(=O)c3cc21. The standard InChI is InChI=1S/C34H35N3O9/c1-3-14-37(29-12-7-21-16-28-27(18-26(21)29)32(42)36-19(2)35-28)24-9-4-20(5-10-24)30(39)17-23(34(45)46)6-11-25(38)15-22(33(43)44)8-13-31(40)41/h1,4-5,9-10,16,18,22-23,29H,6-8,11-15,17H2,2H3,(H,40,41)(H,43,44)(H,45,46)(H,35,36,42)/t22-,23+,29-/m0/s1. The summed E-state index contributed by atoms with van der Waals surface area (Å²) in [7, 11) is 0. The largest absolute Gasteiger partial charge is 0.481 e.